The molecule has 178 valence electrons. The summed E-state index contributed by atoms with van der Waals surface area (Å²) in [7, 11) is 0. The van der Waals surface area contributed by atoms with Crippen LogP contribution in [0.5, 0.6) is 0 Å². The maximum atomic E-state index is 12.9. The Bertz CT molecular complexity index is 1450. The number of amides is 2. The number of halogens is 3. The van der Waals surface area contributed by atoms with E-state index in [1.165, 1.54) is 24.5 Å². The number of primary amides is 1. The zero-order valence-corrected chi connectivity index (χ0v) is 18.0. The van der Waals surface area contributed by atoms with Crippen LogP contribution < -0.4 is 16.4 Å². The van der Waals surface area contributed by atoms with E-state index in [1.54, 1.807) is 22.8 Å². The van der Waals surface area contributed by atoms with Crippen molar-refractivity contribution in [1.82, 2.24) is 24.8 Å². The normalized spacial score (nSPS) is 15.9. The molecule has 12 heteroatoms. The number of hydrogen-bond donors (Lipinski definition) is 3. The Morgan fingerprint density at radius 2 is 1.89 bits per heavy atom. The van der Waals surface area contributed by atoms with Crippen molar-refractivity contribution in [2.75, 3.05) is 11.9 Å². The smallest absolute Gasteiger partial charge is 0.364 e. The van der Waals surface area contributed by atoms with Gasteiger partial charge >= 0.3 is 6.18 Å². The van der Waals surface area contributed by atoms with E-state index < -0.39 is 23.7 Å². The van der Waals surface area contributed by atoms with Crippen LogP contribution >= 0.6 is 0 Å². The fourth-order valence-corrected chi connectivity index (χ4v) is 3.86. The Morgan fingerprint density at radius 3 is 2.54 bits per heavy atom. The number of fused-ring (bicyclic) bond motifs is 1. The zero-order chi connectivity index (χ0) is 24.7. The summed E-state index contributed by atoms with van der Waals surface area (Å²) in [6, 6.07) is 10.8. The molecule has 0 aliphatic carbocycles. The van der Waals surface area contributed by atoms with E-state index >= 15 is 0 Å². The molecule has 1 aliphatic heterocycles. The van der Waals surface area contributed by atoms with Crippen LogP contribution in [0.15, 0.2) is 54.9 Å². The van der Waals surface area contributed by atoms with Crippen LogP contribution in [0.4, 0.5) is 19.0 Å². The lowest BCUT2D eigenvalue weighted by molar-refractivity contribution is -0.137. The van der Waals surface area contributed by atoms with Gasteiger partial charge in [0.1, 0.15) is 23.9 Å². The van der Waals surface area contributed by atoms with Crippen molar-refractivity contribution in [2.45, 2.75) is 18.6 Å². The standard InChI is InChI=1S/C23H18F3N7O2/c24-23(25,26)13-2-4-14(5-3-13)33-11-29-16-9-12(1-6-18(16)33)21-31-17(20(27)34)10-19(32-21)30-15-7-8-28-22(15)35/h1-6,9-11,15H,7-8H2,(H2,27,34)(H,28,35)(H,30,31,32)/t15-/m0/s1. The Labute approximate surface area is 196 Å². The van der Waals surface area contributed by atoms with Gasteiger partial charge in [0.15, 0.2) is 5.82 Å². The number of imidazole rings is 1. The number of nitrogens with one attached hydrogen (secondary N) is 2. The lowest BCUT2D eigenvalue weighted by atomic mass is 10.1. The average molecular weight is 481 g/mol. The number of alkyl halides is 3. The lowest BCUT2D eigenvalue weighted by Gasteiger charge is -2.12. The first-order chi connectivity index (χ1) is 16.7. The molecule has 4 aromatic rings. The fraction of sp³-hybridized carbons (Fsp3) is 0.174. The monoisotopic (exact) mass is 481 g/mol. The van der Waals surface area contributed by atoms with Crippen molar-refractivity contribution < 1.29 is 22.8 Å². The summed E-state index contributed by atoms with van der Waals surface area (Å²) in [5, 5.41) is 5.72. The number of benzene rings is 2. The van der Waals surface area contributed by atoms with Gasteiger partial charge in [-0.25, -0.2) is 15.0 Å². The molecule has 3 heterocycles. The Hall–Kier alpha value is -4.48. The van der Waals surface area contributed by atoms with Gasteiger partial charge in [-0.3, -0.25) is 14.2 Å². The number of nitrogens with zero attached hydrogens (tertiary/aromatic N) is 4. The molecule has 1 fully saturated rings. The van der Waals surface area contributed by atoms with E-state index in [1.807, 2.05) is 0 Å². The Balaban J connectivity index is 1.49. The molecule has 2 amide bonds. The predicted molar refractivity (Wildman–Crippen MR) is 121 cm³/mol. The minimum atomic E-state index is -4.42. The molecule has 5 rings (SSSR count). The molecular formula is C23H18F3N7O2. The average Bonchev–Trinajstić information content (AvgIpc) is 3.44. The van der Waals surface area contributed by atoms with Crippen molar-refractivity contribution in [3.05, 3.63) is 66.1 Å². The van der Waals surface area contributed by atoms with Crippen molar-refractivity contribution in [3.63, 3.8) is 0 Å². The van der Waals surface area contributed by atoms with E-state index in [2.05, 4.69) is 25.6 Å². The van der Waals surface area contributed by atoms with Gasteiger partial charge in [-0.2, -0.15) is 13.2 Å². The first-order valence-corrected chi connectivity index (χ1v) is 10.6. The van der Waals surface area contributed by atoms with Gasteiger partial charge in [-0.15, -0.1) is 0 Å². The van der Waals surface area contributed by atoms with E-state index in [9.17, 15) is 22.8 Å². The summed E-state index contributed by atoms with van der Waals surface area (Å²) >= 11 is 0. The molecule has 0 unspecified atom stereocenters. The Morgan fingerprint density at radius 1 is 1.11 bits per heavy atom. The molecule has 1 aliphatic rings. The van der Waals surface area contributed by atoms with E-state index in [0.717, 1.165) is 12.1 Å². The topological polar surface area (TPSA) is 128 Å². The summed E-state index contributed by atoms with van der Waals surface area (Å²) in [6.07, 6.45) is -2.35. The van der Waals surface area contributed by atoms with Gasteiger partial charge in [-0.05, 0) is 48.9 Å². The van der Waals surface area contributed by atoms with Crippen LogP contribution in [-0.4, -0.2) is 43.9 Å². The van der Waals surface area contributed by atoms with Gasteiger partial charge in [0.25, 0.3) is 5.91 Å². The number of rotatable bonds is 5. The molecule has 2 aromatic heterocycles. The summed E-state index contributed by atoms with van der Waals surface area (Å²) in [5.74, 6) is -0.435. The van der Waals surface area contributed by atoms with Crippen LogP contribution in [0, 0.1) is 0 Å². The fourth-order valence-electron chi connectivity index (χ4n) is 3.86. The van der Waals surface area contributed by atoms with Crippen molar-refractivity contribution in [1.29, 1.82) is 0 Å². The molecule has 0 saturated carbocycles. The second-order valence-corrected chi connectivity index (χ2v) is 7.97. The summed E-state index contributed by atoms with van der Waals surface area (Å²) in [6.45, 7) is 0.537. The summed E-state index contributed by atoms with van der Waals surface area (Å²) in [4.78, 5) is 36.8. The SMILES string of the molecule is NC(=O)c1cc(N[C@H]2CCNC2=O)nc(-c2ccc3c(c2)ncn3-c2ccc(C(F)(F)F)cc2)n1. The highest BCUT2D eigenvalue weighted by molar-refractivity contribution is 5.93. The maximum Gasteiger partial charge on any atom is 0.416 e. The molecular weight excluding hydrogens is 463 g/mol. The number of aromatic nitrogens is 4. The van der Waals surface area contributed by atoms with Crippen molar-refractivity contribution in [3.8, 4) is 17.1 Å². The summed E-state index contributed by atoms with van der Waals surface area (Å²) in [5.41, 5.74) is 6.93. The van der Waals surface area contributed by atoms with E-state index in [4.69, 9.17) is 5.73 Å². The number of carbonyl (C=O) groups is 2. The number of hydrogen-bond acceptors (Lipinski definition) is 6. The van der Waals surface area contributed by atoms with Crippen LogP contribution in [-0.2, 0) is 11.0 Å². The van der Waals surface area contributed by atoms with Crippen LogP contribution in [0.2, 0.25) is 0 Å². The Kier molecular flexibility index (Phi) is 5.35. The first-order valence-electron chi connectivity index (χ1n) is 10.6. The molecule has 0 bridgehead atoms. The third-order valence-corrected chi connectivity index (χ3v) is 5.63. The molecule has 0 spiro atoms. The highest BCUT2D eigenvalue weighted by Gasteiger charge is 2.30. The third-order valence-electron chi connectivity index (χ3n) is 5.63. The largest absolute Gasteiger partial charge is 0.416 e. The molecule has 9 nitrogen and oxygen atoms in total. The second-order valence-electron chi connectivity index (χ2n) is 7.97. The molecule has 1 saturated heterocycles. The number of nitrogens with two attached hydrogens (primary N) is 1. The van der Waals surface area contributed by atoms with Crippen molar-refractivity contribution in [2.24, 2.45) is 5.73 Å². The van der Waals surface area contributed by atoms with Crippen molar-refractivity contribution >= 4 is 28.7 Å². The van der Waals surface area contributed by atoms with Crippen LogP contribution in [0.25, 0.3) is 28.1 Å². The third kappa shape index (κ3) is 4.37. The van der Waals surface area contributed by atoms with E-state index in [0.29, 0.717) is 35.2 Å². The van der Waals surface area contributed by atoms with Crippen LogP contribution in [0.3, 0.4) is 0 Å². The highest BCUT2D eigenvalue weighted by Crippen LogP contribution is 2.30. The zero-order valence-electron chi connectivity index (χ0n) is 18.0. The van der Waals surface area contributed by atoms with Gasteiger partial charge in [0.05, 0.1) is 16.6 Å². The maximum absolute atomic E-state index is 12.9. The molecule has 4 N–H and O–H groups in total. The predicted octanol–water partition coefficient (Wildman–Crippen LogP) is 2.90. The van der Waals surface area contributed by atoms with E-state index in [-0.39, 0.29) is 23.2 Å². The van der Waals surface area contributed by atoms with Gasteiger partial charge in [-0.1, -0.05) is 0 Å². The van der Waals surface area contributed by atoms with Crippen LogP contribution in [0.1, 0.15) is 22.5 Å². The number of carbonyl (C=O) groups excluding carboxylic acids is 2. The van der Waals surface area contributed by atoms with Gasteiger partial charge < -0.3 is 16.4 Å². The molecule has 35 heavy (non-hydrogen) atoms. The van der Waals surface area contributed by atoms with Gasteiger partial charge in [0, 0.05) is 23.9 Å². The molecule has 0 radical (unpaired) electrons. The quantitative estimate of drug-likeness (QED) is 0.402. The number of anilines is 1. The minimum Gasteiger partial charge on any atom is -0.364 e. The summed E-state index contributed by atoms with van der Waals surface area (Å²) < 4.78 is 40.3. The lowest BCUT2D eigenvalue weighted by Crippen LogP contribution is -2.30. The van der Waals surface area contributed by atoms with Gasteiger partial charge in [0.2, 0.25) is 5.91 Å². The highest BCUT2D eigenvalue weighted by atomic mass is 19.4. The molecule has 2 aromatic carbocycles. The first kappa shape index (κ1) is 22.3. The molecule has 1 atom stereocenters. The second kappa shape index (κ2) is 8.38. The minimum absolute atomic E-state index is 0.0220.